The number of hydrogen-bond acceptors (Lipinski definition) is 8. The van der Waals surface area contributed by atoms with Crippen LogP contribution in [0.2, 0.25) is 0 Å². The Balaban J connectivity index is 1.80. The number of carbonyl (C=O) groups excluding carboxylic acids is 4. The van der Waals surface area contributed by atoms with Crippen LogP contribution in [0.15, 0.2) is 41.8 Å². The third-order valence-corrected chi connectivity index (χ3v) is 9.33. The largest absolute Gasteiger partial charge is 0.444 e. The molecule has 0 aromatic heterocycles. The molecule has 1 unspecified atom stereocenters. The highest BCUT2D eigenvalue weighted by atomic mass is 32.2. The van der Waals surface area contributed by atoms with E-state index in [0.717, 1.165) is 25.7 Å². The molecule has 4 N–H and O–H groups in total. The van der Waals surface area contributed by atoms with Crippen LogP contribution in [-0.2, 0) is 29.1 Å². The first kappa shape index (κ1) is 34.9. The van der Waals surface area contributed by atoms with E-state index < -0.39 is 56.9 Å². The van der Waals surface area contributed by atoms with Gasteiger partial charge in [0, 0.05) is 19.5 Å². The molecular weight excluding hydrogens is 586 g/mol. The SMILES string of the molecule is C=C[C@@H]1C[C@]1(NC(=O)CN(CC1CCCC1)C(=O)C(NC(=O)OC(C)(C)C)C(C)C)C(=O)NS(=O)(=O)c1ccccc1NC. The summed E-state index contributed by atoms with van der Waals surface area (Å²) in [4.78, 5) is 54.7. The Morgan fingerprint density at radius 1 is 1.14 bits per heavy atom. The van der Waals surface area contributed by atoms with Crippen molar-refractivity contribution in [2.45, 2.75) is 88.8 Å². The van der Waals surface area contributed by atoms with Crippen LogP contribution in [-0.4, -0.2) is 74.5 Å². The second-order valence-corrected chi connectivity index (χ2v) is 14.6. The average Bonchev–Trinajstić information content (AvgIpc) is 3.40. The molecule has 1 aromatic rings. The number of ether oxygens (including phenoxy) is 1. The maximum atomic E-state index is 13.8. The summed E-state index contributed by atoms with van der Waals surface area (Å²) in [5.41, 5.74) is -1.99. The van der Waals surface area contributed by atoms with E-state index >= 15 is 0 Å². The highest BCUT2D eigenvalue weighted by molar-refractivity contribution is 7.90. The summed E-state index contributed by atoms with van der Waals surface area (Å²) < 4.78 is 33.8. The molecular formula is C31H47N5O7S. The molecule has 13 heteroatoms. The predicted molar refractivity (Wildman–Crippen MR) is 167 cm³/mol. The van der Waals surface area contributed by atoms with Crippen LogP contribution in [0.4, 0.5) is 10.5 Å². The van der Waals surface area contributed by atoms with Gasteiger partial charge in [0.1, 0.15) is 22.1 Å². The summed E-state index contributed by atoms with van der Waals surface area (Å²) in [6.45, 7) is 12.4. The van der Waals surface area contributed by atoms with E-state index in [2.05, 4.69) is 27.3 Å². The van der Waals surface area contributed by atoms with Crippen LogP contribution in [0.5, 0.6) is 0 Å². The normalized spacial score (nSPS) is 20.8. The molecule has 1 aromatic carbocycles. The van der Waals surface area contributed by atoms with E-state index in [-0.39, 0.29) is 29.7 Å². The number of carbonyl (C=O) groups is 4. The maximum Gasteiger partial charge on any atom is 0.408 e. The Morgan fingerprint density at radius 3 is 2.32 bits per heavy atom. The third-order valence-electron chi connectivity index (χ3n) is 7.94. The molecule has 2 fully saturated rings. The van der Waals surface area contributed by atoms with Gasteiger partial charge in [-0.2, -0.15) is 0 Å². The van der Waals surface area contributed by atoms with E-state index in [1.54, 1.807) is 59.9 Å². The lowest BCUT2D eigenvalue weighted by Gasteiger charge is -2.32. The molecule has 44 heavy (non-hydrogen) atoms. The van der Waals surface area contributed by atoms with Gasteiger partial charge in [-0.1, -0.05) is 44.9 Å². The Hall–Kier alpha value is -3.61. The molecule has 2 aliphatic carbocycles. The molecule has 2 aliphatic rings. The van der Waals surface area contributed by atoms with Crippen molar-refractivity contribution >= 4 is 39.5 Å². The van der Waals surface area contributed by atoms with Gasteiger partial charge in [0.15, 0.2) is 0 Å². The van der Waals surface area contributed by atoms with E-state index in [9.17, 15) is 27.6 Å². The van der Waals surface area contributed by atoms with Crippen LogP contribution in [0.3, 0.4) is 0 Å². The molecule has 2 saturated carbocycles. The van der Waals surface area contributed by atoms with Crippen molar-refractivity contribution in [3.63, 3.8) is 0 Å². The van der Waals surface area contributed by atoms with Gasteiger partial charge in [0.05, 0.1) is 12.2 Å². The standard InChI is InChI=1S/C31H47N5O7S/c1-8-22-17-31(22,28(39)35-44(41,42)24-16-12-11-15-23(24)32-7)34-25(37)19-36(18-21-13-9-10-14-21)27(38)26(20(2)3)33-29(40)43-30(4,5)6/h8,11-12,15-16,20-22,26,32H,1,9-10,13-14,17-19H2,2-7H3,(H,33,40)(H,34,37)(H,35,39)/t22-,26?,31-/m1/s1. The zero-order valence-electron chi connectivity index (χ0n) is 26.6. The molecule has 0 radical (unpaired) electrons. The second kappa shape index (κ2) is 14.0. The predicted octanol–water partition coefficient (Wildman–Crippen LogP) is 3.16. The monoisotopic (exact) mass is 633 g/mol. The van der Waals surface area contributed by atoms with Crippen LogP contribution in [0, 0.1) is 17.8 Å². The Kier molecular flexibility index (Phi) is 11.1. The van der Waals surface area contributed by atoms with Gasteiger partial charge in [-0.25, -0.2) is 17.9 Å². The van der Waals surface area contributed by atoms with Crippen LogP contribution in [0.25, 0.3) is 0 Å². The van der Waals surface area contributed by atoms with Crippen molar-refractivity contribution in [3.05, 3.63) is 36.9 Å². The topological polar surface area (TPSA) is 163 Å². The van der Waals surface area contributed by atoms with Gasteiger partial charge in [0.25, 0.3) is 15.9 Å². The third kappa shape index (κ3) is 8.73. The number of hydrogen-bond donors (Lipinski definition) is 4. The van der Waals surface area contributed by atoms with Crippen LogP contribution >= 0.6 is 0 Å². The van der Waals surface area contributed by atoms with Gasteiger partial charge < -0.3 is 25.6 Å². The van der Waals surface area contributed by atoms with Gasteiger partial charge in [0.2, 0.25) is 11.8 Å². The lowest BCUT2D eigenvalue weighted by Crippen LogP contribution is -2.57. The number of nitrogens with zero attached hydrogens (tertiary/aromatic N) is 1. The Labute approximate surface area is 260 Å². The number of alkyl carbamates (subject to hydrolysis) is 1. The van der Waals surface area contributed by atoms with Gasteiger partial charge in [-0.05, 0) is 64.0 Å². The van der Waals surface area contributed by atoms with Crippen molar-refractivity contribution in [3.8, 4) is 0 Å². The number of nitrogens with one attached hydrogen (secondary N) is 4. The van der Waals surface area contributed by atoms with Crippen molar-refractivity contribution < 1.29 is 32.3 Å². The summed E-state index contributed by atoms with van der Waals surface area (Å²) >= 11 is 0. The summed E-state index contributed by atoms with van der Waals surface area (Å²) in [5, 5.41) is 8.17. The quantitative estimate of drug-likeness (QED) is 0.241. The molecule has 0 aliphatic heterocycles. The highest BCUT2D eigenvalue weighted by Gasteiger charge is 2.60. The van der Waals surface area contributed by atoms with Crippen LogP contribution < -0.4 is 20.7 Å². The summed E-state index contributed by atoms with van der Waals surface area (Å²) in [5.74, 6) is -2.56. The lowest BCUT2D eigenvalue weighted by molar-refractivity contribution is -0.140. The lowest BCUT2D eigenvalue weighted by atomic mass is 10.0. The molecule has 3 atom stereocenters. The number of amides is 4. The van der Waals surface area contributed by atoms with Crippen LogP contribution in [0.1, 0.15) is 66.7 Å². The molecule has 0 spiro atoms. The molecule has 244 valence electrons. The Morgan fingerprint density at radius 2 is 1.77 bits per heavy atom. The summed E-state index contributed by atoms with van der Waals surface area (Å²) in [6, 6.07) is 5.19. The number of benzene rings is 1. The number of anilines is 1. The molecule has 0 saturated heterocycles. The first-order valence-corrected chi connectivity index (χ1v) is 16.6. The molecule has 0 bridgehead atoms. The molecule has 4 amide bonds. The van der Waals surface area contributed by atoms with Gasteiger partial charge in [-0.3, -0.25) is 14.4 Å². The van der Waals surface area contributed by atoms with E-state index in [1.165, 1.54) is 17.0 Å². The number of sulfonamides is 1. The van der Waals surface area contributed by atoms with Gasteiger partial charge >= 0.3 is 6.09 Å². The minimum absolute atomic E-state index is 0.112. The summed E-state index contributed by atoms with van der Waals surface area (Å²) in [7, 11) is -2.71. The fourth-order valence-corrected chi connectivity index (χ4v) is 6.81. The number of para-hydroxylation sites is 1. The van der Waals surface area contributed by atoms with E-state index in [0.29, 0.717) is 12.2 Å². The smallest absolute Gasteiger partial charge is 0.408 e. The minimum atomic E-state index is -4.27. The fourth-order valence-electron chi connectivity index (χ4n) is 5.55. The highest BCUT2D eigenvalue weighted by Crippen LogP contribution is 2.45. The Bertz CT molecular complexity index is 1350. The second-order valence-electron chi connectivity index (χ2n) is 13.0. The van der Waals surface area contributed by atoms with Crippen molar-refractivity contribution in [1.29, 1.82) is 0 Å². The van der Waals surface area contributed by atoms with Crippen molar-refractivity contribution in [2.24, 2.45) is 17.8 Å². The summed E-state index contributed by atoms with van der Waals surface area (Å²) in [6.07, 6.45) is 4.79. The minimum Gasteiger partial charge on any atom is -0.444 e. The molecule has 12 nitrogen and oxygen atoms in total. The zero-order chi connectivity index (χ0) is 32.9. The average molecular weight is 634 g/mol. The van der Waals surface area contributed by atoms with E-state index in [1.807, 2.05) is 0 Å². The van der Waals surface area contributed by atoms with Gasteiger partial charge in [-0.15, -0.1) is 6.58 Å². The van der Waals surface area contributed by atoms with Crippen molar-refractivity contribution in [1.82, 2.24) is 20.3 Å². The van der Waals surface area contributed by atoms with Crippen molar-refractivity contribution in [2.75, 3.05) is 25.5 Å². The zero-order valence-corrected chi connectivity index (χ0v) is 27.4. The van der Waals surface area contributed by atoms with E-state index in [4.69, 9.17) is 4.74 Å². The fraction of sp³-hybridized carbons (Fsp3) is 0.613. The molecule has 0 heterocycles. The maximum absolute atomic E-state index is 13.8. The first-order valence-electron chi connectivity index (χ1n) is 15.1. The first-order chi connectivity index (χ1) is 20.5. The number of rotatable bonds is 13. The molecule has 3 rings (SSSR count).